The first-order chi connectivity index (χ1) is 7.34. The van der Waals surface area contributed by atoms with Gasteiger partial charge in [0.15, 0.2) is 5.78 Å². The first-order valence-corrected chi connectivity index (χ1v) is 5.95. The zero-order chi connectivity index (χ0) is 12.5. The maximum absolute atomic E-state index is 12.2. The van der Waals surface area contributed by atoms with Crippen LogP contribution in [0.2, 0.25) is 0 Å². The minimum atomic E-state index is 0.289. The molecule has 1 rings (SSSR count). The number of ketones is 1. The number of carbonyl (C=O) groups is 1. The molecule has 1 nitrogen and oxygen atoms in total. The van der Waals surface area contributed by atoms with Crippen LogP contribution in [0, 0.1) is 33.6 Å². The minimum Gasteiger partial charge on any atom is -0.294 e. The first-order valence-electron chi connectivity index (χ1n) is 5.95. The van der Waals surface area contributed by atoms with Gasteiger partial charge in [-0.15, -0.1) is 0 Å². The van der Waals surface area contributed by atoms with Crippen LogP contribution in [0.3, 0.4) is 0 Å². The van der Waals surface area contributed by atoms with Crippen molar-refractivity contribution in [3.05, 3.63) is 33.9 Å². The van der Waals surface area contributed by atoms with Gasteiger partial charge in [0.25, 0.3) is 0 Å². The van der Waals surface area contributed by atoms with Gasteiger partial charge in [-0.1, -0.05) is 19.9 Å². The molecular weight excluding hydrogens is 196 g/mol. The van der Waals surface area contributed by atoms with E-state index in [4.69, 9.17) is 0 Å². The quantitative estimate of drug-likeness (QED) is 0.696. The van der Waals surface area contributed by atoms with Crippen LogP contribution in [0.15, 0.2) is 6.07 Å². The predicted molar refractivity (Wildman–Crippen MR) is 69.2 cm³/mol. The van der Waals surface area contributed by atoms with Crippen molar-refractivity contribution in [3.8, 4) is 0 Å². The highest BCUT2D eigenvalue weighted by molar-refractivity contribution is 5.99. The summed E-state index contributed by atoms with van der Waals surface area (Å²) in [4.78, 5) is 12.2. The molecule has 0 N–H and O–H groups in total. The maximum atomic E-state index is 12.2. The fraction of sp³-hybridized carbons (Fsp3) is 0.533. The molecule has 0 fully saturated rings. The largest absolute Gasteiger partial charge is 0.294 e. The molecule has 1 aromatic carbocycles. The number of rotatable bonds is 3. The van der Waals surface area contributed by atoms with Gasteiger partial charge in [0.1, 0.15) is 0 Å². The summed E-state index contributed by atoms with van der Waals surface area (Å²) in [7, 11) is 0. The zero-order valence-electron chi connectivity index (χ0n) is 11.3. The number of aryl methyl sites for hydroxylation is 2. The number of Topliss-reactive ketones (excluding diaryl/α,β-unsaturated/α-hetero) is 1. The van der Waals surface area contributed by atoms with Gasteiger partial charge in [0.2, 0.25) is 0 Å². The van der Waals surface area contributed by atoms with Crippen LogP contribution in [-0.4, -0.2) is 5.78 Å². The van der Waals surface area contributed by atoms with Crippen molar-refractivity contribution in [1.82, 2.24) is 0 Å². The topological polar surface area (TPSA) is 17.1 Å². The van der Waals surface area contributed by atoms with Crippen molar-refractivity contribution in [3.63, 3.8) is 0 Å². The Bertz CT molecular complexity index is 388. The summed E-state index contributed by atoms with van der Waals surface area (Å²) in [5.41, 5.74) is 5.68. The number of hydrogen-bond acceptors (Lipinski definition) is 1. The van der Waals surface area contributed by atoms with Crippen molar-refractivity contribution in [2.24, 2.45) is 5.92 Å². The molecule has 0 spiro atoms. The Morgan fingerprint density at radius 1 is 1.06 bits per heavy atom. The fourth-order valence-electron chi connectivity index (χ4n) is 2.11. The van der Waals surface area contributed by atoms with Gasteiger partial charge in [-0.25, -0.2) is 0 Å². The molecule has 88 valence electrons. The van der Waals surface area contributed by atoms with E-state index in [0.717, 1.165) is 16.7 Å². The highest BCUT2D eigenvalue weighted by atomic mass is 16.1. The molecular formula is C15H22O. The third-order valence-corrected chi connectivity index (χ3v) is 3.24. The Kier molecular flexibility index (Phi) is 3.90. The third kappa shape index (κ3) is 2.52. The summed E-state index contributed by atoms with van der Waals surface area (Å²) < 4.78 is 0. The van der Waals surface area contributed by atoms with Crippen molar-refractivity contribution < 1.29 is 4.79 Å². The van der Waals surface area contributed by atoms with Crippen LogP contribution < -0.4 is 0 Å². The van der Waals surface area contributed by atoms with Gasteiger partial charge in [-0.3, -0.25) is 4.79 Å². The molecule has 1 heteroatoms. The number of benzene rings is 1. The summed E-state index contributed by atoms with van der Waals surface area (Å²) >= 11 is 0. The van der Waals surface area contributed by atoms with E-state index in [0.29, 0.717) is 12.3 Å². The molecule has 0 saturated heterocycles. The number of hydrogen-bond donors (Lipinski definition) is 0. The van der Waals surface area contributed by atoms with Crippen molar-refractivity contribution in [2.75, 3.05) is 0 Å². The molecule has 16 heavy (non-hydrogen) atoms. The Morgan fingerprint density at radius 2 is 1.50 bits per heavy atom. The summed E-state index contributed by atoms with van der Waals surface area (Å²) in [6.07, 6.45) is 0.643. The average Bonchev–Trinajstić information content (AvgIpc) is 2.14. The first kappa shape index (κ1) is 13.0. The Labute approximate surface area is 98.9 Å². The Morgan fingerprint density at radius 3 is 1.88 bits per heavy atom. The third-order valence-electron chi connectivity index (χ3n) is 3.24. The van der Waals surface area contributed by atoms with Crippen LogP contribution in [0.4, 0.5) is 0 Å². The molecule has 0 amide bonds. The number of carbonyl (C=O) groups excluding carboxylic acids is 1. The lowest BCUT2D eigenvalue weighted by Crippen LogP contribution is -2.10. The molecule has 1 aromatic rings. The highest BCUT2D eigenvalue weighted by Gasteiger charge is 2.16. The van der Waals surface area contributed by atoms with Gasteiger partial charge < -0.3 is 0 Å². The average molecular weight is 218 g/mol. The Balaban J connectivity index is 3.27. The van der Waals surface area contributed by atoms with E-state index in [2.05, 4.69) is 47.6 Å². The molecule has 0 unspecified atom stereocenters. The van der Waals surface area contributed by atoms with E-state index in [1.807, 2.05) is 0 Å². The van der Waals surface area contributed by atoms with Crippen molar-refractivity contribution >= 4 is 5.78 Å². The molecule has 0 heterocycles. The van der Waals surface area contributed by atoms with Crippen LogP contribution in [0.1, 0.15) is 52.9 Å². The monoisotopic (exact) mass is 218 g/mol. The normalized spacial score (nSPS) is 10.9. The van der Waals surface area contributed by atoms with E-state index in [1.165, 1.54) is 11.1 Å². The molecule has 0 radical (unpaired) electrons. The molecule has 0 bridgehead atoms. The van der Waals surface area contributed by atoms with E-state index in [9.17, 15) is 4.79 Å². The van der Waals surface area contributed by atoms with Gasteiger partial charge >= 0.3 is 0 Å². The van der Waals surface area contributed by atoms with Crippen LogP contribution in [-0.2, 0) is 0 Å². The van der Waals surface area contributed by atoms with E-state index in [-0.39, 0.29) is 5.78 Å². The minimum absolute atomic E-state index is 0.289. The molecule has 0 aliphatic rings. The smallest absolute Gasteiger partial charge is 0.163 e. The zero-order valence-corrected chi connectivity index (χ0v) is 11.3. The van der Waals surface area contributed by atoms with Gasteiger partial charge in [-0.05, 0) is 55.9 Å². The van der Waals surface area contributed by atoms with Crippen molar-refractivity contribution in [1.29, 1.82) is 0 Å². The summed E-state index contributed by atoms with van der Waals surface area (Å²) in [5.74, 6) is 0.712. The lowest BCUT2D eigenvalue weighted by Gasteiger charge is -2.15. The van der Waals surface area contributed by atoms with Gasteiger partial charge in [0, 0.05) is 12.0 Å². The lowest BCUT2D eigenvalue weighted by atomic mass is 9.89. The Hall–Kier alpha value is -1.11. The SMILES string of the molecule is Cc1cc(C)c(C)c(C(=O)CC(C)C)c1C. The van der Waals surface area contributed by atoms with Crippen LogP contribution in [0.25, 0.3) is 0 Å². The second kappa shape index (κ2) is 4.82. The van der Waals surface area contributed by atoms with E-state index < -0.39 is 0 Å². The van der Waals surface area contributed by atoms with Crippen LogP contribution >= 0.6 is 0 Å². The standard InChI is InChI=1S/C15H22O/c1-9(2)7-14(16)15-12(5)10(3)8-11(4)13(15)6/h8-9H,7H2,1-6H3. The maximum Gasteiger partial charge on any atom is 0.163 e. The molecule has 0 saturated carbocycles. The summed E-state index contributed by atoms with van der Waals surface area (Å²) in [6.45, 7) is 12.4. The molecule has 0 aromatic heterocycles. The van der Waals surface area contributed by atoms with Gasteiger partial charge in [-0.2, -0.15) is 0 Å². The lowest BCUT2D eigenvalue weighted by molar-refractivity contribution is 0.0966. The fourth-order valence-corrected chi connectivity index (χ4v) is 2.11. The highest BCUT2D eigenvalue weighted by Crippen LogP contribution is 2.23. The molecule has 0 aliphatic carbocycles. The van der Waals surface area contributed by atoms with E-state index >= 15 is 0 Å². The molecule has 0 aliphatic heterocycles. The second-order valence-corrected chi connectivity index (χ2v) is 5.16. The van der Waals surface area contributed by atoms with Crippen LogP contribution in [0.5, 0.6) is 0 Å². The predicted octanol–water partition coefficient (Wildman–Crippen LogP) is 4.15. The van der Waals surface area contributed by atoms with E-state index in [1.54, 1.807) is 0 Å². The second-order valence-electron chi connectivity index (χ2n) is 5.16. The summed E-state index contributed by atoms with van der Waals surface area (Å²) in [5, 5.41) is 0. The van der Waals surface area contributed by atoms with Gasteiger partial charge in [0.05, 0.1) is 0 Å². The molecule has 0 atom stereocenters. The summed E-state index contributed by atoms with van der Waals surface area (Å²) in [6, 6.07) is 2.16. The van der Waals surface area contributed by atoms with Crippen molar-refractivity contribution in [2.45, 2.75) is 48.0 Å².